The van der Waals surface area contributed by atoms with E-state index in [-0.39, 0.29) is 18.3 Å². The first-order chi connectivity index (χ1) is 6.58. The maximum Gasteiger partial charge on any atom is 0.308 e. The Kier molecular flexibility index (Phi) is 3.89. The minimum absolute atomic E-state index is 0.0978. The van der Waals surface area contributed by atoms with Crippen molar-refractivity contribution in [3.8, 4) is 0 Å². The molecule has 0 bridgehead atoms. The van der Waals surface area contributed by atoms with E-state index in [0.717, 1.165) is 13.1 Å². The van der Waals surface area contributed by atoms with Crippen molar-refractivity contribution in [1.29, 1.82) is 0 Å². The number of carbonyl (C=O) groups excluding carboxylic acids is 1. The van der Waals surface area contributed by atoms with Gasteiger partial charge < -0.3 is 15.2 Å². The van der Waals surface area contributed by atoms with Gasteiger partial charge >= 0.3 is 5.97 Å². The second-order valence-corrected chi connectivity index (χ2v) is 3.94. The quantitative estimate of drug-likeness (QED) is 0.645. The van der Waals surface area contributed by atoms with Crippen LogP contribution in [0.3, 0.4) is 0 Å². The number of esters is 1. The van der Waals surface area contributed by atoms with Gasteiger partial charge in [-0.1, -0.05) is 6.92 Å². The molecule has 0 aromatic carbocycles. The van der Waals surface area contributed by atoms with E-state index in [1.54, 1.807) is 6.92 Å². The second kappa shape index (κ2) is 4.75. The largest absolute Gasteiger partial charge is 0.466 e. The number of ether oxygens (including phenoxy) is 1. The Balaban J connectivity index is 2.50. The van der Waals surface area contributed by atoms with Crippen LogP contribution in [0.1, 0.15) is 26.7 Å². The van der Waals surface area contributed by atoms with Crippen LogP contribution in [0, 0.1) is 5.92 Å². The number of aliphatic hydroxyl groups is 1. The van der Waals surface area contributed by atoms with Gasteiger partial charge in [0.2, 0.25) is 0 Å². The van der Waals surface area contributed by atoms with Gasteiger partial charge in [-0.15, -0.1) is 0 Å². The molecule has 1 saturated heterocycles. The Bertz CT molecular complexity index is 208. The molecule has 0 spiro atoms. The van der Waals surface area contributed by atoms with E-state index in [1.165, 1.54) is 0 Å². The summed E-state index contributed by atoms with van der Waals surface area (Å²) in [6.07, 6.45) is 0.733. The van der Waals surface area contributed by atoms with Crippen LogP contribution in [0.4, 0.5) is 0 Å². The average Bonchev–Trinajstić information content (AvgIpc) is 2.10. The first kappa shape index (κ1) is 11.5. The summed E-state index contributed by atoms with van der Waals surface area (Å²) in [4.78, 5) is 11.3. The van der Waals surface area contributed by atoms with E-state index in [2.05, 4.69) is 5.32 Å². The van der Waals surface area contributed by atoms with Crippen molar-refractivity contribution < 1.29 is 14.6 Å². The summed E-state index contributed by atoms with van der Waals surface area (Å²) in [6, 6.07) is 0. The minimum Gasteiger partial charge on any atom is -0.466 e. The molecule has 4 heteroatoms. The molecule has 1 aliphatic rings. The Labute approximate surface area is 84.6 Å². The molecular formula is C10H19NO3. The highest BCUT2D eigenvalue weighted by molar-refractivity contribution is 5.70. The van der Waals surface area contributed by atoms with Crippen molar-refractivity contribution in [2.45, 2.75) is 32.3 Å². The maximum absolute atomic E-state index is 11.3. The fraction of sp³-hybridized carbons (Fsp3) is 0.900. The molecule has 0 radical (unpaired) electrons. The smallest absolute Gasteiger partial charge is 0.308 e. The summed E-state index contributed by atoms with van der Waals surface area (Å²) in [7, 11) is 0. The second-order valence-electron chi connectivity index (χ2n) is 3.94. The monoisotopic (exact) mass is 201 g/mol. The third-order valence-corrected chi connectivity index (χ3v) is 2.86. The molecule has 1 rings (SSSR count). The molecule has 14 heavy (non-hydrogen) atoms. The fourth-order valence-corrected chi connectivity index (χ4v) is 1.78. The molecule has 82 valence electrons. The van der Waals surface area contributed by atoms with Crippen molar-refractivity contribution in [3.63, 3.8) is 0 Å². The van der Waals surface area contributed by atoms with Crippen molar-refractivity contribution >= 4 is 5.97 Å². The molecule has 0 saturated carbocycles. The van der Waals surface area contributed by atoms with Crippen molar-refractivity contribution in [1.82, 2.24) is 5.32 Å². The van der Waals surface area contributed by atoms with Gasteiger partial charge in [0.25, 0.3) is 0 Å². The summed E-state index contributed by atoms with van der Waals surface area (Å²) in [6.45, 7) is 5.62. The van der Waals surface area contributed by atoms with Crippen LogP contribution in [-0.4, -0.2) is 36.4 Å². The van der Waals surface area contributed by atoms with Crippen molar-refractivity contribution in [2.75, 3.05) is 19.7 Å². The van der Waals surface area contributed by atoms with Gasteiger partial charge in [-0.3, -0.25) is 4.79 Å². The highest BCUT2D eigenvalue weighted by Gasteiger charge is 2.38. The Morgan fingerprint density at radius 3 is 3.00 bits per heavy atom. The number of nitrogens with one attached hydrogen (secondary N) is 1. The first-order valence-electron chi connectivity index (χ1n) is 5.17. The molecule has 2 atom stereocenters. The molecule has 0 aliphatic carbocycles. The van der Waals surface area contributed by atoms with E-state index in [0.29, 0.717) is 13.0 Å². The summed E-state index contributed by atoms with van der Waals surface area (Å²) in [5.74, 6) is -0.204. The minimum atomic E-state index is -0.877. The van der Waals surface area contributed by atoms with Crippen LogP contribution < -0.4 is 5.32 Å². The lowest BCUT2D eigenvalue weighted by atomic mass is 9.80. The number of hydrogen-bond donors (Lipinski definition) is 2. The van der Waals surface area contributed by atoms with Crippen LogP contribution in [-0.2, 0) is 9.53 Å². The highest BCUT2D eigenvalue weighted by Crippen LogP contribution is 2.27. The van der Waals surface area contributed by atoms with Crippen molar-refractivity contribution in [3.05, 3.63) is 0 Å². The normalized spacial score (nSPS) is 32.6. The van der Waals surface area contributed by atoms with E-state index in [4.69, 9.17) is 4.74 Å². The molecule has 4 nitrogen and oxygen atoms in total. The lowest BCUT2D eigenvalue weighted by molar-refractivity contribution is -0.152. The van der Waals surface area contributed by atoms with Crippen molar-refractivity contribution in [2.24, 2.45) is 5.92 Å². The van der Waals surface area contributed by atoms with E-state index in [1.807, 2.05) is 6.92 Å². The summed E-state index contributed by atoms with van der Waals surface area (Å²) < 4.78 is 4.84. The molecule has 0 amide bonds. The van der Waals surface area contributed by atoms with Gasteiger partial charge in [0.1, 0.15) is 0 Å². The zero-order valence-corrected chi connectivity index (χ0v) is 8.88. The van der Waals surface area contributed by atoms with Gasteiger partial charge in [-0.2, -0.15) is 0 Å². The maximum atomic E-state index is 11.3. The number of piperidine rings is 1. The predicted octanol–water partition coefficient (Wildman–Crippen LogP) is 0.300. The zero-order chi connectivity index (χ0) is 10.6. The predicted molar refractivity (Wildman–Crippen MR) is 52.9 cm³/mol. The number of hydrogen-bond acceptors (Lipinski definition) is 4. The summed E-state index contributed by atoms with van der Waals surface area (Å²) in [5, 5.41) is 13.4. The molecule has 0 aromatic heterocycles. The third-order valence-electron chi connectivity index (χ3n) is 2.86. The highest BCUT2D eigenvalue weighted by atomic mass is 16.5. The molecule has 1 aliphatic heterocycles. The molecular weight excluding hydrogens is 182 g/mol. The molecule has 0 aromatic rings. The lowest BCUT2D eigenvalue weighted by Crippen LogP contribution is -2.50. The topological polar surface area (TPSA) is 58.6 Å². The van der Waals surface area contributed by atoms with Gasteiger partial charge in [0.05, 0.1) is 18.6 Å². The number of rotatable bonds is 3. The van der Waals surface area contributed by atoms with Crippen LogP contribution in [0.25, 0.3) is 0 Å². The first-order valence-corrected chi connectivity index (χ1v) is 5.17. The Morgan fingerprint density at radius 2 is 2.43 bits per heavy atom. The summed E-state index contributed by atoms with van der Waals surface area (Å²) >= 11 is 0. The third kappa shape index (κ3) is 2.69. The SMILES string of the molecule is CCOC(=O)CC1(O)CCNCC1C. The van der Waals surface area contributed by atoms with E-state index < -0.39 is 5.60 Å². The van der Waals surface area contributed by atoms with E-state index in [9.17, 15) is 9.90 Å². The lowest BCUT2D eigenvalue weighted by Gasteiger charge is -2.37. The molecule has 1 heterocycles. The Morgan fingerprint density at radius 1 is 1.71 bits per heavy atom. The zero-order valence-electron chi connectivity index (χ0n) is 8.88. The van der Waals surface area contributed by atoms with Gasteiger partial charge in [-0.05, 0) is 25.8 Å². The van der Waals surface area contributed by atoms with Crippen LogP contribution >= 0.6 is 0 Å². The van der Waals surface area contributed by atoms with Gasteiger partial charge in [0, 0.05) is 6.54 Å². The summed E-state index contributed by atoms with van der Waals surface area (Å²) in [5.41, 5.74) is -0.877. The molecule has 1 fully saturated rings. The average molecular weight is 201 g/mol. The Hall–Kier alpha value is -0.610. The fourth-order valence-electron chi connectivity index (χ4n) is 1.78. The molecule has 2 N–H and O–H groups in total. The van der Waals surface area contributed by atoms with E-state index >= 15 is 0 Å². The standard InChI is InChI=1S/C10H19NO3/c1-3-14-9(12)6-10(13)4-5-11-7-8(10)2/h8,11,13H,3-7H2,1-2H3. The number of carbonyl (C=O) groups is 1. The van der Waals surface area contributed by atoms with Crippen LogP contribution in [0.5, 0.6) is 0 Å². The van der Waals surface area contributed by atoms with Gasteiger partial charge in [-0.25, -0.2) is 0 Å². The van der Waals surface area contributed by atoms with Crippen LogP contribution in [0.15, 0.2) is 0 Å². The molecule has 2 unspecified atom stereocenters. The van der Waals surface area contributed by atoms with Gasteiger partial charge in [0.15, 0.2) is 0 Å². The van der Waals surface area contributed by atoms with Crippen LogP contribution in [0.2, 0.25) is 0 Å².